The Labute approximate surface area is 125 Å². The quantitative estimate of drug-likeness (QED) is 0.762. The van der Waals surface area contributed by atoms with Gasteiger partial charge in [0.15, 0.2) is 0 Å². The standard InChI is InChI=1S/C13H12IN5/c14-12-8-17-13(18-9-12)19(6-2-4-15)10-11-3-1-5-16-7-11/h1,3,5,7-9H,2,6,10H2. The third-order valence-corrected chi connectivity index (χ3v) is 3.04. The molecule has 0 spiro atoms. The molecule has 6 heteroatoms. The molecular weight excluding hydrogens is 353 g/mol. The zero-order chi connectivity index (χ0) is 13.5. The van der Waals surface area contributed by atoms with Gasteiger partial charge in [0.05, 0.1) is 12.5 Å². The molecule has 0 amide bonds. The van der Waals surface area contributed by atoms with E-state index in [1.54, 1.807) is 18.6 Å². The number of hydrogen-bond acceptors (Lipinski definition) is 5. The summed E-state index contributed by atoms with van der Waals surface area (Å²) >= 11 is 2.17. The van der Waals surface area contributed by atoms with Gasteiger partial charge >= 0.3 is 0 Å². The predicted octanol–water partition coefficient (Wildman–Crippen LogP) is 2.40. The van der Waals surface area contributed by atoms with Crippen molar-refractivity contribution in [2.24, 2.45) is 0 Å². The number of nitrogens with zero attached hydrogens (tertiary/aromatic N) is 5. The van der Waals surface area contributed by atoms with Crippen LogP contribution >= 0.6 is 22.6 Å². The summed E-state index contributed by atoms with van der Waals surface area (Å²) < 4.78 is 0.989. The third kappa shape index (κ3) is 4.13. The molecule has 19 heavy (non-hydrogen) atoms. The number of halogens is 1. The van der Waals surface area contributed by atoms with Gasteiger partial charge in [-0.1, -0.05) is 6.07 Å². The summed E-state index contributed by atoms with van der Waals surface area (Å²) in [4.78, 5) is 14.7. The maximum absolute atomic E-state index is 8.74. The van der Waals surface area contributed by atoms with E-state index in [0.29, 0.717) is 25.5 Å². The Hall–Kier alpha value is -1.75. The normalized spacial score (nSPS) is 9.89. The van der Waals surface area contributed by atoms with Crippen molar-refractivity contribution >= 4 is 28.5 Å². The highest BCUT2D eigenvalue weighted by Gasteiger charge is 2.10. The largest absolute Gasteiger partial charge is 0.335 e. The van der Waals surface area contributed by atoms with Gasteiger partial charge in [-0.15, -0.1) is 0 Å². The van der Waals surface area contributed by atoms with Crippen LogP contribution in [0.15, 0.2) is 36.9 Å². The van der Waals surface area contributed by atoms with Crippen molar-refractivity contribution in [2.45, 2.75) is 13.0 Å². The van der Waals surface area contributed by atoms with Crippen LogP contribution in [0.5, 0.6) is 0 Å². The molecule has 0 aliphatic rings. The van der Waals surface area contributed by atoms with E-state index < -0.39 is 0 Å². The number of nitriles is 1. The van der Waals surface area contributed by atoms with Gasteiger partial charge in [-0.05, 0) is 34.2 Å². The minimum Gasteiger partial charge on any atom is -0.335 e. The summed E-state index contributed by atoms with van der Waals surface area (Å²) in [7, 11) is 0. The van der Waals surface area contributed by atoms with Gasteiger partial charge in [0.25, 0.3) is 0 Å². The first kappa shape index (κ1) is 13.7. The number of pyridine rings is 1. The van der Waals surface area contributed by atoms with E-state index in [0.717, 1.165) is 9.13 Å². The lowest BCUT2D eigenvalue weighted by atomic mass is 10.2. The van der Waals surface area contributed by atoms with Gasteiger partial charge in [-0.3, -0.25) is 4.98 Å². The third-order valence-electron chi connectivity index (χ3n) is 2.48. The van der Waals surface area contributed by atoms with Crippen LogP contribution in [-0.4, -0.2) is 21.5 Å². The lowest BCUT2D eigenvalue weighted by Gasteiger charge is -2.21. The monoisotopic (exact) mass is 365 g/mol. The van der Waals surface area contributed by atoms with E-state index >= 15 is 0 Å². The summed E-state index contributed by atoms with van der Waals surface area (Å²) in [6.45, 7) is 1.25. The molecule has 0 N–H and O–H groups in total. The zero-order valence-electron chi connectivity index (χ0n) is 10.2. The minimum absolute atomic E-state index is 0.440. The van der Waals surface area contributed by atoms with Gasteiger partial charge in [-0.2, -0.15) is 5.26 Å². The molecular formula is C13H12IN5. The summed E-state index contributed by atoms with van der Waals surface area (Å²) in [6, 6.07) is 6.05. The highest BCUT2D eigenvalue weighted by atomic mass is 127. The lowest BCUT2D eigenvalue weighted by Crippen LogP contribution is -2.25. The molecule has 0 bridgehead atoms. The number of aromatic nitrogens is 3. The molecule has 0 unspecified atom stereocenters. The molecule has 0 aliphatic carbocycles. The Bertz CT molecular complexity index is 549. The molecule has 96 valence electrons. The minimum atomic E-state index is 0.440. The van der Waals surface area contributed by atoms with E-state index in [2.05, 4.69) is 43.6 Å². The lowest BCUT2D eigenvalue weighted by molar-refractivity contribution is 0.761. The summed E-state index contributed by atoms with van der Waals surface area (Å²) in [6.07, 6.45) is 7.53. The summed E-state index contributed by atoms with van der Waals surface area (Å²) in [5, 5.41) is 8.74. The number of hydrogen-bond donors (Lipinski definition) is 0. The Morgan fingerprint density at radius 2 is 2.05 bits per heavy atom. The Balaban J connectivity index is 2.16. The van der Waals surface area contributed by atoms with Crippen molar-refractivity contribution in [3.63, 3.8) is 0 Å². The summed E-state index contributed by atoms with van der Waals surface area (Å²) in [5.41, 5.74) is 1.07. The first-order chi connectivity index (χ1) is 9.29. The molecule has 2 rings (SSSR count). The zero-order valence-corrected chi connectivity index (χ0v) is 12.4. The Kier molecular flexibility index (Phi) is 5.03. The number of rotatable bonds is 5. The van der Waals surface area contributed by atoms with Gasteiger partial charge in [0.2, 0.25) is 5.95 Å². The molecule has 2 heterocycles. The van der Waals surface area contributed by atoms with Crippen LogP contribution in [0.2, 0.25) is 0 Å². The molecule has 2 aromatic rings. The van der Waals surface area contributed by atoms with E-state index in [1.807, 2.05) is 23.2 Å². The Morgan fingerprint density at radius 3 is 2.68 bits per heavy atom. The smallest absolute Gasteiger partial charge is 0.225 e. The van der Waals surface area contributed by atoms with Crippen molar-refractivity contribution in [3.05, 3.63) is 46.1 Å². The van der Waals surface area contributed by atoms with Crippen LogP contribution in [-0.2, 0) is 6.54 Å². The topological polar surface area (TPSA) is 65.7 Å². The van der Waals surface area contributed by atoms with Crippen molar-refractivity contribution in [3.8, 4) is 6.07 Å². The highest BCUT2D eigenvalue weighted by molar-refractivity contribution is 14.1. The van der Waals surface area contributed by atoms with E-state index in [1.165, 1.54) is 0 Å². The maximum atomic E-state index is 8.74. The molecule has 2 aromatic heterocycles. The van der Waals surface area contributed by atoms with Gasteiger partial charge < -0.3 is 4.90 Å². The maximum Gasteiger partial charge on any atom is 0.225 e. The van der Waals surface area contributed by atoms with Crippen LogP contribution in [0, 0.1) is 14.9 Å². The number of anilines is 1. The van der Waals surface area contributed by atoms with Crippen LogP contribution in [0.3, 0.4) is 0 Å². The SMILES string of the molecule is N#CCCN(Cc1cccnc1)c1ncc(I)cn1. The molecule has 0 fully saturated rings. The Morgan fingerprint density at radius 1 is 1.26 bits per heavy atom. The average Bonchev–Trinajstić information content (AvgIpc) is 2.45. The fourth-order valence-corrected chi connectivity index (χ4v) is 1.89. The van der Waals surface area contributed by atoms with Crippen LogP contribution in [0.4, 0.5) is 5.95 Å². The molecule has 5 nitrogen and oxygen atoms in total. The van der Waals surface area contributed by atoms with E-state index in [-0.39, 0.29) is 0 Å². The van der Waals surface area contributed by atoms with Gasteiger partial charge in [0, 0.05) is 41.4 Å². The van der Waals surface area contributed by atoms with Crippen LogP contribution in [0.1, 0.15) is 12.0 Å². The second kappa shape index (κ2) is 6.99. The fraction of sp³-hybridized carbons (Fsp3) is 0.231. The van der Waals surface area contributed by atoms with Crippen molar-refractivity contribution in [2.75, 3.05) is 11.4 Å². The first-order valence-corrected chi connectivity index (χ1v) is 6.86. The van der Waals surface area contributed by atoms with Crippen molar-refractivity contribution in [1.29, 1.82) is 5.26 Å². The van der Waals surface area contributed by atoms with Crippen molar-refractivity contribution in [1.82, 2.24) is 15.0 Å². The van der Waals surface area contributed by atoms with E-state index in [9.17, 15) is 0 Å². The molecule has 0 atom stereocenters. The average molecular weight is 365 g/mol. The molecule has 0 radical (unpaired) electrons. The molecule has 0 saturated carbocycles. The fourth-order valence-electron chi connectivity index (χ4n) is 1.62. The van der Waals surface area contributed by atoms with Crippen LogP contribution in [0.25, 0.3) is 0 Å². The predicted molar refractivity (Wildman–Crippen MR) is 80.3 cm³/mol. The summed E-state index contributed by atoms with van der Waals surface area (Å²) in [5.74, 6) is 0.638. The van der Waals surface area contributed by atoms with Crippen molar-refractivity contribution < 1.29 is 0 Å². The molecule has 0 saturated heterocycles. The van der Waals surface area contributed by atoms with Crippen LogP contribution < -0.4 is 4.90 Å². The van der Waals surface area contributed by atoms with Gasteiger partial charge in [-0.25, -0.2) is 9.97 Å². The molecule has 0 aliphatic heterocycles. The van der Waals surface area contributed by atoms with Gasteiger partial charge in [0.1, 0.15) is 0 Å². The highest BCUT2D eigenvalue weighted by Crippen LogP contribution is 2.12. The second-order valence-electron chi connectivity index (χ2n) is 3.89. The second-order valence-corrected chi connectivity index (χ2v) is 5.14. The van der Waals surface area contributed by atoms with E-state index in [4.69, 9.17) is 5.26 Å². The first-order valence-electron chi connectivity index (χ1n) is 5.78. The molecule has 0 aromatic carbocycles.